The summed E-state index contributed by atoms with van der Waals surface area (Å²) >= 11 is -0.119. The van der Waals surface area contributed by atoms with E-state index >= 15 is 0 Å². The second-order valence-electron chi connectivity index (χ2n) is 6.42. The molecule has 2 aromatic rings. The second kappa shape index (κ2) is 8.82. The van der Waals surface area contributed by atoms with Crippen LogP contribution in [0.1, 0.15) is 37.4 Å². The first-order chi connectivity index (χ1) is 12.5. The van der Waals surface area contributed by atoms with Crippen molar-refractivity contribution in [3.05, 3.63) is 60.2 Å². The molecule has 2 aromatic carbocycles. The number of hydrogen-bond donors (Lipinski definition) is 1. The largest absolute Gasteiger partial charge is 0.486 e. The molecule has 1 fully saturated rings. The Morgan fingerprint density at radius 3 is 2.58 bits per heavy atom. The standard InChI is InChI=1S/C20H22F3NOS/c21-20(22,23)26-18-11-6-10-17(14-18)25-19(15-7-2-1-3-8-15)13-16-9-4-5-12-24-16/h1-3,6-8,10-11,14,16,19,24H,4-5,9,12-13H2. The van der Waals surface area contributed by atoms with Crippen LogP contribution >= 0.6 is 11.8 Å². The Balaban J connectivity index is 1.75. The van der Waals surface area contributed by atoms with Gasteiger partial charge in [0.2, 0.25) is 0 Å². The molecule has 0 amide bonds. The summed E-state index contributed by atoms with van der Waals surface area (Å²) in [6, 6.07) is 16.4. The Morgan fingerprint density at radius 2 is 1.88 bits per heavy atom. The quantitative estimate of drug-likeness (QED) is 0.625. The molecule has 2 atom stereocenters. The summed E-state index contributed by atoms with van der Waals surface area (Å²) in [4.78, 5) is 0.137. The van der Waals surface area contributed by atoms with Crippen LogP contribution in [0.25, 0.3) is 0 Å². The molecule has 1 N–H and O–H groups in total. The molecule has 0 aliphatic carbocycles. The van der Waals surface area contributed by atoms with Gasteiger partial charge in [-0.05, 0) is 54.9 Å². The van der Waals surface area contributed by atoms with Crippen LogP contribution in [0.15, 0.2) is 59.5 Å². The summed E-state index contributed by atoms with van der Waals surface area (Å²) in [5.74, 6) is 0.462. The maximum atomic E-state index is 12.6. The lowest BCUT2D eigenvalue weighted by molar-refractivity contribution is -0.0328. The number of benzene rings is 2. The van der Waals surface area contributed by atoms with Crippen LogP contribution in [0.5, 0.6) is 5.75 Å². The molecule has 0 radical (unpaired) electrons. The van der Waals surface area contributed by atoms with Crippen molar-refractivity contribution in [2.75, 3.05) is 6.54 Å². The maximum Gasteiger partial charge on any atom is 0.446 e. The first-order valence-electron chi connectivity index (χ1n) is 8.80. The monoisotopic (exact) mass is 381 g/mol. The van der Waals surface area contributed by atoms with Crippen LogP contribution in [-0.2, 0) is 0 Å². The van der Waals surface area contributed by atoms with E-state index in [1.54, 1.807) is 12.1 Å². The summed E-state index contributed by atoms with van der Waals surface area (Å²) in [5, 5.41) is 3.51. The third-order valence-electron chi connectivity index (χ3n) is 4.40. The van der Waals surface area contributed by atoms with E-state index in [0.717, 1.165) is 24.9 Å². The van der Waals surface area contributed by atoms with Gasteiger partial charge in [0.05, 0.1) is 0 Å². The average molecular weight is 381 g/mol. The van der Waals surface area contributed by atoms with Crippen molar-refractivity contribution in [3.63, 3.8) is 0 Å². The molecule has 2 unspecified atom stereocenters. The van der Waals surface area contributed by atoms with E-state index in [9.17, 15) is 13.2 Å². The first kappa shape index (κ1) is 19.1. The van der Waals surface area contributed by atoms with Gasteiger partial charge in [-0.3, -0.25) is 0 Å². The minimum atomic E-state index is -4.30. The molecule has 140 valence electrons. The zero-order valence-corrected chi connectivity index (χ0v) is 15.2. The SMILES string of the molecule is FC(F)(F)Sc1cccc(OC(CC2CCCCN2)c2ccccc2)c1. The Hall–Kier alpha value is -1.66. The zero-order chi connectivity index (χ0) is 18.4. The third-order valence-corrected chi connectivity index (χ3v) is 5.12. The smallest absolute Gasteiger partial charge is 0.446 e. The number of rotatable bonds is 6. The van der Waals surface area contributed by atoms with E-state index in [4.69, 9.17) is 4.74 Å². The molecule has 0 spiro atoms. The third kappa shape index (κ3) is 5.95. The lowest BCUT2D eigenvalue weighted by atomic mass is 9.96. The Bertz CT molecular complexity index is 687. The highest BCUT2D eigenvalue weighted by atomic mass is 32.2. The molecule has 1 aliphatic heterocycles. The highest BCUT2D eigenvalue weighted by molar-refractivity contribution is 8.00. The number of halogens is 3. The van der Waals surface area contributed by atoms with Crippen molar-refractivity contribution in [3.8, 4) is 5.75 Å². The van der Waals surface area contributed by atoms with Crippen molar-refractivity contribution in [2.24, 2.45) is 0 Å². The van der Waals surface area contributed by atoms with Gasteiger partial charge < -0.3 is 10.1 Å². The highest BCUT2D eigenvalue weighted by Gasteiger charge is 2.29. The van der Waals surface area contributed by atoms with Gasteiger partial charge in [-0.15, -0.1) is 0 Å². The molecular weight excluding hydrogens is 359 g/mol. The van der Waals surface area contributed by atoms with Gasteiger partial charge in [-0.1, -0.05) is 42.8 Å². The number of ether oxygens (including phenoxy) is 1. The van der Waals surface area contributed by atoms with E-state index in [-0.39, 0.29) is 22.8 Å². The van der Waals surface area contributed by atoms with Crippen LogP contribution in [-0.4, -0.2) is 18.1 Å². The van der Waals surface area contributed by atoms with E-state index in [2.05, 4.69) is 5.32 Å². The van der Waals surface area contributed by atoms with Crippen LogP contribution in [0, 0.1) is 0 Å². The summed E-state index contributed by atoms with van der Waals surface area (Å²) in [6.07, 6.45) is 4.07. The number of piperidine rings is 1. The van der Waals surface area contributed by atoms with Crippen molar-refractivity contribution in [1.82, 2.24) is 5.32 Å². The number of hydrogen-bond acceptors (Lipinski definition) is 3. The summed E-state index contributed by atoms with van der Waals surface area (Å²) in [6.45, 7) is 1.00. The van der Waals surface area contributed by atoms with Crippen LogP contribution in [0.3, 0.4) is 0 Å². The molecule has 0 aromatic heterocycles. The second-order valence-corrected chi connectivity index (χ2v) is 7.56. The molecule has 3 rings (SSSR count). The highest BCUT2D eigenvalue weighted by Crippen LogP contribution is 2.38. The van der Waals surface area contributed by atoms with Gasteiger partial charge in [-0.2, -0.15) is 13.2 Å². The fourth-order valence-corrected chi connectivity index (χ4v) is 3.80. The minimum absolute atomic E-state index is 0.119. The normalized spacial score (nSPS) is 19.1. The van der Waals surface area contributed by atoms with Crippen LogP contribution < -0.4 is 10.1 Å². The average Bonchev–Trinajstić information content (AvgIpc) is 2.62. The Morgan fingerprint density at radius 1 is 1.08 bits per heavy atom. The van der Waals surface area contributed by atoms with Crippen molar-refractivity contribution in [2.45, 2.75) is 48.2 Å². The molecule has 26 heavy (non-hydrogen) atoms. The minimum Gasteiger partial charge on any atom is -0.486 e. The molecular formula is C20H22F3NOS. The molecule has 2 nitrogen and oxygen atoms in total. The van der Waals surface area contributed by atoms with Gasteiger partial charge in [0.15, 0.2) is 0 Å². The summed E-state index contributed by atoms with van der Waals surface area (Å²) < 4.78 is 44.0. The zero-order valence-electron chi connectivity index (χ0n) is 14.3. The van der Waals surface area contributed by atoms with Gasteiger partial charge in [0.25, 0.3) is 0 Å². The van der Waals surface area contributed by atoms with E-state index in [1.807, 2.05) is 30.3 Å². The summed E-state index contributed by atoms with van der Waals surface area (Å²) in [7, 11) is 0. The Labute approximate surface area is 156 Å². The maximum absolute atomic E-state index is 12.6. The van der Waals surface area contributed by atoms with Gasteiger partial charge in [0, 0.05) is 17.4 Å². The Kier molecular flexibility index (Phi) is 6.48. The van der Waals surface area contributed by atoms with Crippen molar-refractivity contribution in [1.29, 1.82) is 0 Å². The van der Waals surface area contributed by atoms with Crippen molar-refractivity contribution >= 4 is 11.8 Å². The topological polar surface area (TPSA) is 21.3 Å². The lowest BCUT2D eigenvalue weighted by Gasteiger charge is -2.28. The number of alkyl halides is 3. The molecule has 1 aliphatic rings. The van der Waals surface area contributed by atoms with E-state index in [1.165, 1.54) is 25.0 Å². The molecule has 0 bridgehead atoms. The predicted molar refractivity (Wildman–Crippen MR) is 98.4 cm³/mol. The van der Waals surface area contributed by atoms with Gasteiger partial charge in [-0.25, -0.2) is 0 Å². The van der Waals surface area contributed by atoms with Gasteiger partial charge in [0.1, 0.15) is 11.9 Å². The predicted octanol–water partition coefficient (Wildman–Crippen LogP) is 5.95. The molecule has 0 saturated carbocycles. The van der Waals surface area contributed by atoms with Crippen LogP contribution in [0.2, 0.25) is 0 Å². The van der Waals surface area contributed by atoms with Crippen LogP contribution in [0.4, 0.5) is 13.2 Å². The molecule has 1 heterocycles. The van der Waals surface area contributed by atoms with Crippen molar-refractivity contribution < 1.29 is 17.9 Å². The fraction of sp³-hybridized carbons (Fsp3) is 0.400. The van der Waals surface area contributed by atoms with E-state index < -0.39 is 5.51 Å². The summed E-state index contributed by atoms with van der Waals surface area (Å²) in [5.41, 5.74) is -3.27. The first-order valence-corrected chi connectivity index (χ1v) is 9.62. The number of thioether (sulfide) groups is 1. The number of nitrogens with one attached hydrogen (secondary N) is 1. The molecule has 6 heteroatoms. The molecule has 1 saturated heterocycles. The van der Waals surface area contributed by atoms with Gasteiger partial charge >= 0.3 is 5.51 Å². The lowest BCUT2D eigenvalue weighted by Crippen LogP contribution is -2.36. The van der Waals surface area contributed by atoms with E-state index in [0.29, 0.717) is 11.8 Å². The fourth-order valence-electron chi connectivity index (χ4n) is 3.21.